The van der Waals surface area contributed by atoms with Gasteiger partial charge in [0.2, 0.25) is 0 Å². The van der Waals surface area contributed by atoms with Crippen LogP contribution in [0.15, 0.2) is 11.8 Å². The summed E-state index contributed by atoms with van der Waals surface area (Å²) in [5, 5.41) is 7.98. The van der Waals surface area contributed by atoms with E-state index in [2.05, 4.69) is 36.0 Å². The van der Waals surface area contributed by atoms with Gasteiger partial charge in [0.25, 0.3) is 5.91 Å². The lowest BCUT2D eigenvalue weighted by molar-refractivity contribution is -0.0280. The van der Waals surface area contributed by atoms with E-state index in [0.29, 0.717) is 19.7 Å². The Kier molecular flexibility index (Phi) is 4.20. The SMILES string of the molecule is Cn1cnnc1C1CN(C(=O)c2scnc2C(C)(C)C)CCO1. The highest BCUT2D eigenvalue weighted by atomic mass is 32.1. The van der Waals surface area contributed by atoms with Crippen LogP contribution in [0.2, 0.25) is 0 Å². The van der Waals surface area contributed by atoms with Crippen molar-refractivity contribution in [2.75, 3.05) is 19.7 Å². The Labute approximate surface area is 139 Å². The zero-order valence-corrected chi connectivity index (χ0v) is 14.6. The number of carbonyl (C=O) groups is 1. The van der Waals surface area contributed by atoms with Gasteiger partial charge in [-0.25, -0.2) is 4.98 Å². The smallest absolute Gasteiger partial charge is 0.266 e. The molecule has 1 amide bonds. The maximum absolute atomic E-state index is 12.9. The molecular weight excluding hydrogens is 314 g/mol. The molecule has 0 aromatic carbocycles. The topological polar surface area (TPSA) is 73.1 Å². The zero-order valence-electron chi connectivity index (χ0n) is 13.8. The van der Waals surface area contributed by atoms with Crippen molar-refractivity contribution in [2.45, 2.75) is 32.3 Å². The van der Waals surface area contributed by atoms with Crippen molar-refractivity contribution in [3.63, 3.8) is 0 Å². The summed E-state index contributed by atoms with van der Waals surface area (Å²) in [6.45, 7) is 7.76. The first-order valence-corrected chi connectivity index (χ1v) is 8.44. The molecule has 0 saturated carbocycles. The lowest BCUT2D eigenvalue weighted by atomic mass is 9.91. The van der Waals surface area contributed by atoms with Gasteiger partial charge >= 0.3 is 0 Å². The average Bonchev–Trinajstić information content (AvgIpc) is 3.14. The molecule has 2 aromatic heterocycles. The minimum absolute atomic E-state index is 0.0212. The molecule has 2 aromatic rings. The molecule has 1 aliphatic heterocycles. The molecule has 0 radical (unpaired) electrons. The fourth-order valence-electron chi connectivity index (χ4n) is 2.65. The second-order valence-corrected chi connectivity index (χ2v) is 7.55. The zero-order chi connectivity index (χ0) is 16.6. The predicted molar refractivity (Wildman–Crippen MR) is 86.4 cm³/mol. The Morgan fingerprint density at radius 1 is 1.43 bits per heavy atom. The van der Waals surface area contributed by atoms with Crippen LogP contribution >= 0.6 is 11.3 Å². The van der Waals surface area contributed by atoms with Crippen molar-refractivity contribution in [1.29, 1.82) is 0 Å². The Morgan fingerprint density at radius 3 is 2.87 bits per heavy atom. The number of aryl methyl sites for hydroxylation is 1. The molecule has 3 rings (SSSR count). The molecule has 0 aliphatic carbocycles. The Bertz CT molecular complexity index is 703. The van der Waals surface area contributed by atoms with E-state index in [1.54, 1.807) is 11.8 Å². The van der Waals surface area contributed by atoms with Crippen LogP contribution in [0.3, 0.4) is 0 Å². The molecule has 0 N–H and O–H groups in total. The molecule has 8 heteroatoms. The van der Waals surface area contributed by atoms with Gasteiger partial charge in [-0.1, -0.05) is 20.8 Å². The maximum Gasteiger partial charge on any atom is 0.266 e. The van der Waals surface area contributed by atoms with Gasteiger partial charge in [0.15, 0.2) is 5.82 Å². The van der Waals surface area contributed by atoms with Gasteiger partial charge in [0.05, 0.1) is 24.4 Å². The summed E-state index contributed by atoms with van der Waals surface area (Å²) in [7, 11) is 1.88. The summed E-state index contributed by atoms with van der Waals surface area (Å²) < 4.78 is 7.59. The molecule has 0 bridgehead atoms. The number of nitrogens with zero attached hydrogens (tertiary/aromatic N) is 5. The molecule has 0 spiro atoms. The van der Waals surface area contributed by atoms with Crippen molar-refractivity contribution >= 4 is 17.2 Å². The second-order valence-electron chi connectivity index (χ2n) is 6.69. The van der Waals surface area contributed by atoms with E-state index >= 15 is 0 Å². The van der Waals surface area contributed by atoms with Gasteiger partial charge < -0.3 is 14.2 Å². The first kappa shape index (κ1) is 16.1. The number of aromatic nitrogens is 4. The first-order chi connectivity index (χ1) is 10.9. The van der Waals surface area contributed by atoms with E-state index in [4.69, 9.17) is 4.74 Å². The van der Waals surface area contributed by atoms with E-state index in [0.717, 1.165) is 16.4 Å². The van der Waals surface area contributed by atoms with Crippen LogP contribution < -0.4 is 0 Å². The Morgan fingerprint density at radius 2 is 2.22 bits per heavy atom. The number of carbonyl (C=O) groups excluding carboxylic acids is 1. The normalized spacial score (nSPS) is 19.1. The fourth-order valence-corrected chi connectivity index (χ4v) is 3.61. The lowest BCUT2D eigenvalue weighted by Gasteiger charge is -2.32. The number of thiazole rings is 1. The first-order valence-electron chi connectivity index (χ1n) is 7.56. The number of rotatable bonds is 2. The van der Waals surface area contributed by atoms with E-state index in [-0.39, 0.29) is 17.4 Å². The molecular formula is C15H21N5O2S. The second kappa shape index (κ2) is 6.01. The van der Waals surface area contributed by atoms with Crippen molar-refractivity contribution in [1.82, 2.24) is 24.6 Å². The van der Waals surface area contributed by atoms with Crippen LogP contribution in [0.5, 0.6) is 0 Å². The molecule has 3 heterocycles. The maximum atomic E-state index is 12.9. The summed E-state index contributed by atoms with van der Waals surface area (Å²) in [5.41, 5.74) is 2.45. The standard InChI is InChI=1S/C15H21N5O2S/c1-15(2,3)12-11(23-9-16-12)14(21)20-5-6-22-10(7-20)13-18-17-8-19(13)4/h8-10H,5-7H2,1-4H3. The van der Waals surface area contributed by atoms with Crippen LogP contribution in [0, 0.1) is 0 Å². The van der Waals surface area contributed by atoms with Gasteiger partial charge in [-0.2, -0.15) is 0 Å². The van der Waals surface area contributed by atoms with Gasteiger partial charge in [0, 0.05) is 19.0 Å². The molecule has 7 nitrogen and oxygen atoms in total. The number of ether oxygens (including phenoxy) is 1. The molecule has 23 heavy (non-hydrogen) atoms. The summed E-state index contributed by atoms with van der Waals surface area (Å²) in [5.74, 6) is 0.760. The quantitative estimate of drug-likeness (QED) is 0.836. The third kappa shape index (κ3) is 3.13. The monoisotopic (exact) mass is 335 g/mol. The Hall–Kier alpha value is -1.80. The number of morpholine rings is 1. The van der Waals surface area contributed by atoms with Crippen molar-refractivity contribution in [2.24, 2.45) is 7.05 Å². The van der Waals surface area contributed by atoms with Crippen LogP contribution in [0.25, 0.3) is 0 Å². The van der Waals surface area contributed by atoms with Crippen LogP contribution in [0.4, 0.5) is 0 Å². The molecule has 1 saturated heterocycles. The van der Waals surface area contributed by atoms with Crippen LogP contribution in [0.1, 0.15) is 48.1 Å². The van der Waals surface area contributed by atoms with E-state index < -0.39 is 0 Å². The predicted octanol–water partition coefficient (Wildman–Crippen LogP) is 1.78. The molecule has 1 unspecified atom stereocenters. The van der Waals surface area contributed by atoms with Crippen molar-refractivity contribution in [3.8, 4) is 0 Å². The van der Waals surface area contributed by atoms with Crippen molar-refractivity contribution < 1.29 is 9.53 Å². The van der Waals surface area contributed by atoms with Crippen LogP contribution in [-0.2, 0) is 17.2 Å². The summed E-state index contributed by atoms with van der Waals surface area (Å²) >= 11 is 1.40. The summed E-state index contributed by atoms with van der Waals surface area (Å²) in [6.07, 6.45) is 1.39. The molecule has 1 atom stereocenters. The largest absolute Gasteiger partial charge is 0.366 e. The summed E-state index contributed by atoms with van der Waals surface area (Å²) in [4.78, 5) is 19.9. The van der Waals surface area contributed by atoms with E-state index in [1.807, 2.05) is 16.5 Å². The highest BCUT2D eigenvalue weighted by Crippen LogP contribution is 2.29. The van der Waals surface area contributed by atoms with Gasteiger partial charge in [-0.05, 0) is 0 Å². The molecule has 124 valence electrons. The van der Waals surface area contributed by atoms with Gasteiger partial charge in [-0.15, -0.1) is 21.5 Å². The average molecular weight is 335 g/mol. The Balaban J connectivity index is 1.81. The number of hydrogen-bond acceptors (Lipinski definition) is 6. The number of hydrogen-bond donors (Lipinski definition) is 0. The van der Waals surface area contributed by atoms with Crippen LogP contribution in [-0.4, -0.2) is 50.3 Å². The van der Waals surface area contributed by atoms with Gasteiger partial charge in [0.1, 0.15) is 17.3 Å². The van der Waals surface area contributed by atoms with E-state index in [1.165, 1.54) is 11.3 Å². The highest BCUT2D eigenvalue weighted by Gasteiger charge is 2.32. The van der Waals surface area contributed by atoms with E-state index in [9.17, 15) is 4.79 Å². The third-order valence-corrected chi connectivity index (χ3v) is 4.67. The highest BCUT2D eigenvalue weighted by molar-refractivity contribution is 7.11. The van der Waals surface area contributed by atoms with Gasteiger partial charge in [-0.3, -0.25) is 4.79 Å². The fraction of sp³-hybridized carbons (Fsp3) is 0.600. The number of amides is 1. The third-order valence-electron chi connectivity index (χ3n) is 3.86. The summed E-state index contributed by atoms with van der Waals surface area (Å²) in [6, 6.07) is 0. The minimum atomic E-state index is -0.244. The minimum Gasteiger partial charge on any atom is -0.366 e. The molecule has 1 fully saturated rings. The molecule has 1 aliphatic rings. The lowest BCUT2D eigenvalue weighted by Crippen LogP contribution is -2.43. The van der Waals surface area contributed by atoms with Crippen molar-refractivity contribution in [3.05, 3.63) is 28.2 Å².